The van der Waals surface area contributed by atoms with Crippen molar-refractivity contribution in [1.82, 2.24) is 4.57 Å². The van der Waals surface area contributed by atoms with Gasteiger partial charge in [0, 0.05) is 17.5 Å². The van der Waals surface area contributed by atoms with Crippen molar-refractivity contribution >= 4 is 23.2 Å². The fourth-order valence-electron chi connectivity index (χ4n) is 2.19. The minimum Gasteiger partial charge on any atom is -0.392 e. The highest BCUT2D eigenvalue weighted by Crippen LogP contribution is 2.13. The molecule has 0 saturated carbocycles. The Morgan fingerprint density at radius 3 is 2.59 bits per heavy atom. The highest BCUT2D eigenvalue weighted by atomic mass is 35.5. The van der Waals surface area contributed by atoms with Gasteiger partial charge in [0.05, 0.1) is 6.61 Å². The second-order valence-corrected chi connectivity index (χ2v) is 5.16. The molecule has 2 rings (SSSR count). The van der Waals surface area contributed by atoms with Gasteiger partial charge in [-0.05, 0) is 29.2 Å². The van der Waals surface area contributed by atoms with Crippen LogP contribution in [-0.2, 0) is 13.1 Å². The maximum absolute atomic E-state index is 12.2. The summed E-state index contributed by atoms with van der Waals surface area (Å²) in [5, 5.41) is 20.6. The number of carbonyl (C=O) groups is 1. The molecule has 2 aromatic rings. The fourth-order valence-corrected chi connectivity index (χ4v) is 2.31. The number of aliphatic hydroxyl groups excluding tert-OH is 1. The summed E-state index contributed by atoms with van der Waals surface area (Å²) in [7, 11) is 0. The molecule has 1 N–H and O–H groups in total. The Morgan fingerprint density at radius 1 is 1.41 bits per heavy atom. The highest BCUT2D eigenvalue weighted by molar-refractivity contribution is 6.30. The van der Waals surface area contributed by atoms with Crippen LogP contribution in [-0.4, -0.2) is 27.0 Å². The number of Topliss-reactive ketones (excluding diaryl/α,β-unsaturated/α-hetero) is 1. The van der Waals surface area contributed by atoms with Crippen molar-refractivity contribution in [1.29, 1.82) is 0 Å². The molecule has 8 heteroatoms. The molecule has 0 atom stereocenters. The van der Waals surface area contributed by atoms with Crippen LogP contribution >= 0.6 is 11.6 Å². The summed E-state index contributed by atoms with van der Waals surface area (Å²) in [6, 6.07) is 6.46. The zero-order valence-corrected chi connectivity index (χ0v) is 12.7. The van der Waals surface area contributed by atoms with E-state index in [0.717, 1.165) is 0 Å². The number of carbonyl (C=O) groups excluding carboxylic acids is 1. The number of benzene rings is 1. The third kappa shape index (κ3) is 3.32. The number of nitrogens with zero attached hydrogens (tertiary/aromatic N) is 3. The maximum Gasteiger partial charge on any atom is 0.365 e. The summed E-state index contributed by atoms with van der Waals surface area (Å²) in [5.41, 5.74) is 0.480. The molecule has 0 spiro atoms. The van der Waals surface area contributed by atoms with Crippen molar-refractivity contribution in [3.8, 4) is 0 Å². The normalized spacial score (nSPS) is 10.7. The molecule has 116 valence electrons. The Hall–Kier alpha value is -2.25. The van der Waals surface area contributed by atoms with Gasteiger partial charge in [0.15, 0.2) is 12.7 Å². The molecule has 1 aromatic carbocycles. The van der Waals surface area contributed by atoms with Crippen LogP contribution in [0.4, 0.5) is 5.82 Å². The molecule has 1 heterocycles. The number of rotatable bonds is 6. The number of nitro groups is 1. The molecule has 0 bridgehead atoms. The number of hydrogen-bond acceptors (Lipinski definition) is 4. The largest absolute Gasteiger partial charge is 0.392 e. The van der Waals surface area contributed by atoms with E-state index in [-0.39, 0.29) is 31.3 Å². The van der Waals surface area contributed by atoms with Gasteiger partial charge in [0.1, 0.15) is 6.54 Å². The van der Waals surface area contributed by atoms with Crippen molar-refractivity contribution in [3.63, 3.8) is 0 Å². The number of aromatic nitrogens is 2. The van der Waals surface area contributed by atoms with E-state index >= 15 is 0 Å². The van der Waals surface area contributed by atoms with Gasteiger partial charge in [0.25, 0.3) is 5.82 Å². The smallest absolute Gasteiger partial charge is 0.365 e. The summed E-state index contributed by atoms with van der Waals surface area (Å²) in [4.78, 5) is 22.7. The Kier molecular flexibility index (Phi) is 4.89. The minimum absolute atomic E-state index is 0.0211. The van der Waals surface area contributed by atoms with Crippen LogP contribution in [0.3, 0.4) is 0 Å². The van der Waals surface area contributed by atoms with Gasteiger partial charge >= 0.3 is 5.82 Å². The summed E-state index contributed by atoms with van der Waals surface area (Å²) in [6.45, 7) is 1.52. The molecule has 0 amide bonds. The minimum atomic E-state index is -0.536. The molecule has 1 aromatic heterocycles. The van der Waals surface area contributed by atoms with Crippen molar-refractivity contribution in [2.75, 3.05) is 6.61 Å². The molecule has 22 heavy (non-hydrogen) atoms. The topological polar surface area (TPSA) is 89.2 Å². The summed E-state index contributed by atoms with van der Waals surface area (Å²) < 4.78 is 2.87. The first-order valence-corrected chi connectivity index (χ1v) is 6.95. The first-order valence-electron chi connectivity index (χ1n) is 6.57. The quantitative estimate of drug-likeness (QED) is 0.377. The molecule has 0 saturated heterocycles. The number of ketones is 1. The van der Waals surface area contributed by atoms with Crippen LogP contribution < -0.4 is 4.57 Å². The van der Waals surface area contributed by atoms with Gasteiger partial charge in [-0.2, -0.15) is 4.57 Å². The molecule has 0 aliphatic rings. The van der Waals surface area contributed by atoms with Crippen LogP contribution in [0.25, 0.3) is 0 Å². The number of hydrogen-bond donors (Lipinski definition) is 1. The van der Waals surface area contributed by atoms with E-state index in [2.05, 4.69) is 0 Å². The second kappa shape index (κ2) is 6.67. The first-order chi connectivity index (χ1) is 10.4. The molecule has 7 nitrogen and oxygen atoms in total. The van der Waals surface area contributed by atoms with Gasteiger partial charge in [-0.15, -0.1) is 0 Å². The van der Waals surface area contributed by atoms with Crippen molar-refractivity contribution < 1.29 is 19.4 Å². The third-order valence-electron chi connectivity index (χ3n) is 3.34. The highest BCUT2D eigenvalue weighted by Gasteiger charge is 2.25. The molecule has 0 unspecified atom stereocenters. The Morgan fingerprint density at radius 2 is 2.05 bits per heavy atom. The fraction of sp³-hybridized carbons (Fsp3) is 0.286. The molecule has 0 radical (unpaired) electrons. The first kappa shape index (κ1) is 16.1. The van der Waals surface area contributed by atoms with Gasteiger partial charge in [0.2, 0.25) is 5.78 Å². The Bertz CT molecular complexity index is 710. The van der Waals surface area contributed by atoms with E-state index in [1.165, 1.54) is 15.3 Å². The van der Waals surface area contributed by atoms with Crippen molar-refractivity contribution in [3.05, 3.63) is 57.0 Å². The van der Waals surface area contributed by atoms with Crippen LogP contribution in [0.1, 0.15) is 16.2 Å². The standard InChI is InChI=1S/C14H15ClN3O4/c1-10-16(9-14(18(21)22)17(10)6-7-19)8-13(20)11-2-4-12(15)5-3-11/h2-5,9,19H,6-8H2,1H3/q+1. The van der Waals surface area contributed by atoms with Gasteiger partial charge < -0.3 is 15.2 Å². The Labute approximate surface area is 131 Å². The predicted octanol–water partition coefficient (Wildman–Crippen LogP) is 1.52. The lowest BCUT2D eigenvalue weighted by Crippen LogP contribution is -2.39. The number of imidazole rings is 1. The molecule has 0 fully saturated rings. The number of halogens is 1. The molecule has 0 aliphatic heterocycles. The van der Waals surface area contributed by atoms with Crippen LogP contribution in [0.15, 0.2) is 30.5 Å². The lowest BCUT2D eigenvalue weighted by Gasteiger charge is -2.01. The summed E-state index contributed by atoms with van der Waals surface area (Å²) >= 11 is 5.78. The number of aliphatic hydroxyl groups is 1. The lowest BCUT2D eigenvalue weighted by atomic mass is 10.1. The summed E-state index contributed by atoms with van der Waals surface area (Å²) in [6.07, 6.45) is 1.30. The summed E-state index contributed by atoms with van der Waals surface area (Å²) in [5.74, 6) is 0.194. The maximum atomic E-state index is 12.2. The van der Waals surface area contributed by atoms with Crippen LogP contribution in [0, 0.1) is 17.0 Å². The molecule has 0 aliphatic carbocycles. The zero-order chi connectivity index (χ0) is 16.3. The Balaban J connectivity index is 2.29. The van der Waals surface area contributed by atoms with Gasteiger partial charge in [-0.1, -0.05) is 11.6 Å². The van der Waals surface area contributed by atoms with E-state index < -0.39 is 4.92 Å². The monoisotopic (exact) mass is 324 g/mol. The average molecular weight is 325 g/mol. The second-order valence-electron chi connectivity index (χ2n) is 4.72. The lowest BCUT2D eigenvalue weighted by molar-refractivity contribution is -0.689. The SMILES string of the molecule is Cc1n(CCO)c([N+](=O)[O-])c[n+]1CC(=O)c1ccc(Cl)cc1. The van der Waals surface area contributed by atoms with E-state index in [9.17, 15) is 14.9 Å². The molecular weight excluding hydrogens is 310 g/mol. The average Bonchev–Trinajstić information content (AvgIpc) is 2.78. The zero-order valence-electron chi connectivity index (χ0n) is 11.9. The van der Waals surface area contributed by atoms with E-state index in [1.807, 2.05) is 0 Å². The van der Waals surface area contributed by atoms with Crippen molar-refractivity contribution in [2.45, 2.75) is 20.0 Å². The van der Waals surface area contributed by atoms with Gasteiger partial charge in [-0.25, -0.2) is 4.57 Å². The van der Waals surface area contributed by atoms with E-state index in [1.54, 1.807) is 31.2 Å². The third-order valence-corrected chi connectivity index (χ3v) is 3.60. The van der Waals surface area contributed by atoms with E-state index in [4.69, 9.17) is 16.7 Å². The van der Waals surface area contributed by atoms with E-state index in [0.29, 0.717) is 16.4 Å². The van der Waals surface area contributed by atoms with Gasteiger partial charge in [-0.3, -0.25) is 4.79 Å². The van der Waals surface area contributed by atoms with Crippen LogP contribution in [0.5, 0.6) is 0 Å². The molecular formula is C14H15ClN3O4+. The van der Waals surface area contributed by atoms with Crippen LogP contribution in [0.2, 0.25) is 5.02 Å². The predicted molar refractivity (Wildman–Crippen MR) is 78.9 cm³/mol. The van der Waals surface area contributed by atoms with Crippen molar-refractivity contribution in [2.24, 2.45) is 0 Å².